The summed E-state index contributed by atoms with van der Waals surface area (Å²) >= 11 is 0. The van der Waals surface area contributed by atoms with Crippen LogP contribution >= 0.6 is 0 Å². The zero-order valence-electron chi connectivity index (χ0n) is 17.0. The van der Waals surface area contributed by atoms with Crippen molar-refractivity contribution < 1.29 is 0 Å². The van der Waals surface area contributed by atoms with Crippen LogP contribution in [0.4, 0.5) is 0 Å². The van der Waals surface area contributed by atoms with E-state index >= 15 is 0 Å². The summed E-state index contributed by atoms with van der Waals surface area (Å²) in [4.78, 5) is 2.65. The van der Waals surface area contributed by atoms with Crippen LogP contribution in [-0.4, -0.2) is 24.5 Å². The van der Waals surface area contributed by atoms with Crippen molar-refractivity contribution in [2.45, 2.75) is 32.1 Å². The van der Waals surface area contributed by atoms with E-state index in [1.165, 1.54) is 65.9 Å². The van der Waals surface area contributed by atoms with Gasteiger partial charge in [-0.15, -0.1) is 0 Å². The van der Waals surface area contributed by atoms with E-state index in [1.54, 1.807) is 0 Å². The average Bonchev–Trinajstić information content (AvgIpc) is 2.75. The highest BCUT2D eigenvalue weighted by Gasteiger charge is 2.44. The molecule has 0 aliphatic carbocycles. The van der Waals surface area contributed by atoms with Gasteiger partial charge in [-0.05, 0) is 72.7 Å². The van der Waals surface area contributed by atoms with Crippen molar-refractivity contribution in [3.05, 3.63) is 83.9 Å². The number of fused-ring (bicyclic) bond motifs is 3. The standard InChI is InChI=1S/C27H29N/c1-20-6-8-21(9-7-20)23-4-3-5-24(18-23)22-10-12-25(13-11-22)27(2)19-28-16-14-26(27)15-17-28/h3-13,18,26H,14-17,19H2,1-2H3. The van der Waals surface area contributed by atoms with Crippen molar-refractivity contribution >= 4 is 0 Å². The highest BCUT2D eigenvalue weighted by molar-refractivity contribution is 5.73. The van der Waals surface area contributed by atoms with Gasteiger partial charge < -0.3 is 4.90 Å². The van der Waals surface area contributed by atoms with Gasteiger partial charge in [-0.3, -0.25) is 0 Å². The van der Waals surface area contributed by atoms with Crippen LogP contribution in [0.25, 0.3) is 22.3 Å². The summed E-state index contributed by atoms with van der Waals surface area (Å²) in [5.74, 6) is 0.841. The normalized spacial score (nSPS) is 26.4. The summed E-state index contributed by atoms with van der Waals surface area (Å²) in [7, 11) is 0. The number of benzene rings is 3. The largest absolute Gasteiger partial charge is 0.302 e. The van der Waals surface area contributed by atoms with Gasteiger partial charge in [0.05, 0.1) is 0 Å². The molecule has 1 nitrogen and oxygen atoms in total. The molecule has 0 radical (unpaired) electrons. The van der Waals surface area contributed by atoms with Gasteiger partial charge in [0.2, 0.25) is 0 Å². The molecule has 0 aromatic heterocycles. The topological polar surface area (TPSA) is 3.24 Å². The minimum absolute atomic E-state index is 0.318. The Kier molecular flexibility index (Phi) is 4.36. The molecule has 0 saturated carbocycles. The van der Waals surface area contributed by atoms with E-state index in [-0.39, 0.29) is 0 Å². The Morgan fingerprint density at radius 3 is 1.86 bits per heavy atom. The average molecular weight is 368 g/mol. The second-order valence-corrected chi connectivity index (χ2v) is 8.99. The predicted octanol–water partition coefficient (Wildman–Crippen LogP) is 6.31. The Balaban J connectivity index is 1.43. The van der Waals surface area contributed by atoms with Gasteiger partial charge in [0.15, 0.2) is 0 Å². The van der Waals surface area contributed by atoms with Crippen LogP contribution in [0.1, 0.15) is 30.9 Å². The quantitative estimate of drug-likeness (QED) is 0.524. The minimum Gasteiger partial charge on any atom is -0.302 e. The van der Waals surface area contributed by atoms with Crippen LogP contribution in [0.2, 0.25) is 0 Å². The van der Waals surface area contributed by atoms with Gasteiger partial charge >= 0.3 is 0 Å². The molecule has 0 N–H and O–H groups in total. The second kappa shape index (κ2) is 6.90. The second-order valence-electron chi connectivity index (χ2n) is 8.99. The molecule has 0 amide bonds. The minimum atomic E-state index is 0.318. The molecular weight excluding hydrogens is 338 g/mol. The Labute approximate surface area is 169 Å². The van der Waals surface area contributed by atoms with Gasteiger partial charge in [0.25, 0.3) is 0 Å². The first-order valence-electron chi connectivity index (χ1n) is 10.6. The molecule has 3 fully saturated rings. The molecule has 3 aromatic rings. The zero-order valence-corrected chi connectivity index (χ0v) is 17.0. The molecule has 1 unspecified atom stereocenters. The van der Waals surface area contributed by atoms with E-state index in [0.29, 0.717) is 5.41 Å². The third-order valence-electron chi connectivity index (χ3n) is 7.17. The van der Waals surface area contributed by atoms with Gasteiger partial charge in [-0.25, -0.2) is 0 Å². The zero-order chi connectivity index (χ0) is 19.1. The fourth-order valence-corrected chi connectivity index (χ4v) is 5.32. The molecule has 3 aliphatic heterocycles. The molecule has 3 saturated heterocycles. The Hall–Kier alpha value is -2.38. The van der Waals surface area contributed by atoms with E-state index in [0.717, 1.165) is 5.92 Å². The number of nitrogens with zero attached hydrogens (tertiary/aromatic N) is 1. The summed E-state index contributed by atoms with van der Waals surface area (Å²) in [5, 5.41) is 0. The molecule has 6 rings (SSSR count). The number of rotatable bonds is 3. The van der Waals surface area contributed by atoms with Crippen LogP contribution in [0.3, 0.4) is 0 Å². The van der Waals surface area contributed by atoms with Crippen molar-refractivity contribution in [3.63, 3.8) is 0 Å². The lowest BCUT2D eigenvalue weighted by Gasteiger charge is -2.52. The molecule has 0 spiro atoms. The molecule has 3 aromatic carbocycles. The van der Waals surface area contributed by atoms with Gasteiger partial charge in [-0.1, -0.05) is 79.2 Å². The van der Waals surface area contributed by atoms with Crippen molar-refractivity contribution in [3.8, 4) is 22.3 Å². The van der Waals surface area contributed by atoms with Crippen LogP contribution in [0.15, 0.2) is 72.8 Å². The summed E-state index contributed by atoms with van der Waals surface area (Å²) < 4.78 is 0. The third-order valence-corrected chi connectivity index (χ3v) is 7.17. The third kappa shape index (κ3) is 3.08. The number of hydrogen-bond acceptors (Lipinski definition) is 1. The number of hydrogen-bond donors (Lipinski definition) is 0. The Bertz CT molecular complexity index is 962. The smallest absolute Gasteiger partial charge is 0.00812 e. The van der Waals surface area contributed by atoms with Crippen molar-refractivity contribution in [2.75, 3.05) is 19.6 Å². The van der Waals surface area contributed by atoms with Crippen molar-refractivity contribution in [1.29, 1.82) is 0 Å². The Morgan fingerprint density at radius 1 is 0.750 bits per heavy atom. The SMILES string of the molecule is Cc1ccc(-c2cccc(-c3ccc(C4(C)CN5CCC4CC5)cc3)c2)cc1. The van der Waals surface area contributed by atoms with E-state index in [4.69, 9.17) is 0 Å². The van der Waals surface area contributed by atoms with Gasteiger partial charge in [0, 0.05) is 12.0 Å². The lowest BCUT2D eigenvalue weighted by atomic mass is 9.64. The molecule has 142 valence electrons. The van der Waals surface area contributed by atoms with Crippen LogP contribution in [0, 0.1) is 12.8 Å². The summed E-state index contributed by atoms with van der Waals surface area (Å²) in [5.41, 5.74) is 8.30. The van der Waals surface area contributed by atoms with Crippen LogP contribution < -0.4 is 0 Å². The maximum atomic E-state index is 2.65. The highest BCUT2D eigenvalue weighted by atomic mass is 15.2. The molecule has 2 bridgehead atoms. The number of piperidine rings is 3. The number of aryl methyl sites for hydroxylation is 1. The van der Waals surface area contributed by atoms with E-state index in [1.807, 2.05) is 0 Å². The summed E-state index contributed by atoms with van der Waals surface area (Å²) in [6, 6.07) is 27.1. The fraction of sp³-hybridized carbons (Fsp3) is 0.333. The van der Waals surface area contributed by atoms with Crippen molar-refractivity contribution in [1.82, 2.24) is 4.90 Å². The highest BCUT2D eigenvalue weighted by Crippen LogP contribution is 2.44. The van der Waals surface area contributed by atoms with E-state index in [2.05, 4.69) is 91.5 Å². The Morgan fingerprint density at radius 2 is 1.32 bits per heavy atom. The van der Waals surface area contributed by atoms with Gasteiger partial charge in [0.1, 0.15) is 0 Å². The lowest BCUT2D eigenvalue weighted by Crippen LogP contribution is -2.55. The molecular formula is C27H29N. The molecule has 1 heteroatoms. The first-order valence-corrected chi connectivity index (χ1v) is 10.6. The molecule has 3 heterocycles. The monoisotopic (exact) mass is 367 g/mol. The van der Waals surface area contributed by atoms with Crippen molar-refractivity contribution in [2.24, 2.45) is 5.92 Å². The lowest BCUT2D eigenvalue weighted by molar-refractivity contribution is 0.0336. The maximum absolute atomic E-state index is 2.65. The fourth-order valence-electron chi connectivity index (χ4n) is 5.32. The summed E-state index contributed by atoms with van der Waals surface area (Å²) in [6.07, 6.45) is 2.72. The van der Waals surface area contributed by atoms with E-state index in [9.17, 15) is 0 Å². The van der Waals surface area contributed by atoms with Crippen LogP contribution in [0.5, 0.6) is 0 Å². The molecule has 3 aliphatic rings. The first-order chi connectivity index (χ1) is 13.6. The molecule has 1 atom stereocenters. The maximum Gasteiger partial charge on any atom is 0.00812 e. The predicted molar refractivity (Wildman–Crippen MR) is 119 cm³/mol. The van der Waals surface area contributed by atoms with E-state index < -0.39 is 0 Å². The first kappa shape index (κ1) is 17.7. The summed E-state index contributed by atoms with van der Waals surface area (Å²) in [6.45, 7) is 8.43. The van der Waals surface area contributed by atoms with Crippen LogP contribution in [-0.2, 0) is 5.41 Å². The molecule has 28 heavy (non-hydrogen) atoms. The van der Waals surface area contributed by atoms with Gasteiger partial charge in [-0.2, -0.15) is 0 Å².